The van der Waals surface area contributed by atoms with Crippen LogP contribution in [0.2, 0.25) is 5.02 Å². The van der Waals surface area contributed by atoms with Gasteiger partial charge in [0, 0.05) is 17.3 Å². The molecule has 0 bridgehead atoms. The van der Waals surface area contributed by atoms with E-state index in [-0.39, 0.29) is 5.41 Å². The molecule has 2 rings (SSSR count). The first-order chi connectivity index (χ1) is 11.8. The van der Waals surface area contributed by atoms with Crippen LogP contribution in [0.3, 0.4) is 0 Å². The molecule has 0 fully saturated rings. The number of carbonyl (C=O) groups excluding carboxylic acids is 1. The van der Waals surface area contributed by atoms with Crippen LogP contribution in [0.15, 0.2) is 42.5 Å². The maximum Gasteiger partial charge on any atom is 0.340 e. The summed E-state index contributed by atoms with van der Waals surface area (Å²) >= 11 is 5.94. The number of methoxy groups -OCH3 is 1. The molecular formula is C20H24ClNO3. The lowest BCUT2D eigenvalue weighted by Crippen LogP contribution is -2.15. The van der Waals surface area contributed by atoms with Gasteiger partial charge < -0.3 is 14.8 Å². The Kier molecular flexibility index (Phi) is 6.32. The summed E-state index contributed by atoms with van der Waals surface area (Å²) in [5, 5.41) is 3.66. The summed E-state index contributed by atoms with van der Waals surface area (Å²) in [5.41, 5.74) is 2.47. The van der Waals surface area contributed by atoms with Gasteiger partial charge in [-0.3, -0.25) is 0 Å². The first-order valence-electron chi connectivity index (χ1n) is 8.16. The van der Waals surface area contributed by atoms with Gasteiger partial charge in [0.05, 0.1) is 12.7 Å². The van der Waals surface area contributed by atoms with Crippen molar-refractivity contribution < 1.29 is 14.3 Å². The molecule has 4 nitrogen and oxygen atoms in total. The molecule has 2 aromatic carbocycles. The number of anilines is 1. The lowest BCUT2D eigenvalue weighted by atomic mass is 9.87. The number of hydrogen-bond donors (Lipinski definition) is 1. The number of nitrogens with one attached hydrogen (secondary N) is 1. The number of esters is 1. The molecule has 0 spiro atoms. The van der Waals surface area contributed by atoms with Crippen molar-refractivity contribution in [2.45, 2.75) is 26.2 Å². The third kappa shape index (κ3) is 5.40. The molecule has 0 aliphatic heterocycles. The highest BCUT2D eigenvalue weighted by molar-refractivity contribution is 6.31. The van der Waals surface area contributed by atoms with E-state index in [2.05, 4.69) is 38.2 Å². The molecule has 0 saturated heterocycles. The fourth-order valence-corrected chi connectivity index (χ4v) is 2.53. The van der Waals surface area contributed by atoms with Gasteiger partial charge in [-0.05, 0) is 41.3 Å². The van der Waals surface area contributed by atoms with Crippen LogP contribution >= 0.6 is 11.6 Å². The fourth-order valence-electron chi connectivity index (χ4n) is 2.36. The van der Waals surface area contributed by atoms with Gasteiger partial charge in [-0.2, -0.15) is 0 Å². The van der Waals surface area contributed by atoms with Crippen molar-refractivity contribution in [2.24, 2.45) is 0 Å². The molecule has 0 radical (unpaired) electrons. The van der Waals surface area contributed by atoms with E-state index in [1.54, 1.807) is 18.2 Å². The number of benzene rings is 2. The molecule has 0 unspecified atom stereocenters. The number of carbonyl (C=O) groups is 1. The van der Waals surface area contributed by atoms with Gasteiger partial charge in [0.1, 0.15) is 12.4 Å². The van der Waals surface area contributed by atoms with Crippen molar-refractivity contribution in [1.29, 1.82) is 0 Å². The summed E-state index contributed by atoms with van der Waals surface area (Å²) in [6.07, 6.45) is 0. The highest BCUT2D eigenvalue weighted by atomic mass is 35.5. The number of rotatable bonds is 6. The largest absolute Gasteiger partial charge is 0.492 e. The maximum absolute atomic E-state index is 11.8. The van der Waals surface area contributed by atoms with Gasteiger partial charge in [0.2, 0.25) is 0 Å². The summed E-state index contributed by atoms with van der Waals surface area (Å²) in [5.74, 6) is 0.391. The lowest BCUT2D eigenvalue weighted by Gasteiger charge is -2.19. The number of hydrogen-bond acceptors (Lipinski definition) is 4. The third-order valence-electron chi connectivity index (χ3n) is 3.79. The fraction of sp³-hybridized carbons (Fsp3) is 0.350. The van der Waals surface area contributed by atoms with E-state index in [4.69, 9.17) is 21.1 Å². The predicted octanol–water partition coefficient (Wildman–Crippen LogP) is 4.92. The molecule has 0 aliphatic rings. The Labute approximate surface area is 154 Å². The molecule has 2 aromatic rings. The second kappa shape index (κ2) is 8.26. The lowest BCUT2D eigenvalue weighted by molar-refractivity contribution is 0.0602. The molecule has 0 heterocycles. The van der Waals surface area contributed by atoms with E-state index in [0.29, 0.717) is 29.4 Å². The second-order valence-corrected chi connectivity index (χ2v) is 7.17. The molecule has 0 amide bonds. The van der Waals surface area contributed by atoms with Crippen LogP contribution in [-0.2, 0) is 10.2 Å². The summed E-state index contributed by atoms with van der Waals surface area (Å²) in [4.78, 5) is 11.8. The highest BCUT2D eigenvalue weighted by Gasteiger charge is 2.13. The maximum atomic E-state index is 11.8. The average molecular weight is 362 g/mol. The van der Waals surface area contributed by atoms with E-state index >= 15 is 0 Å². The molecule has 0 aliphatic carbocycles. The van der Waals surface area contributed by atoms with Crippen LogP contribution in [0.4, 0.5) is 5.69 Å². The Morgan fingerprint density at radius 2 is 1.80 bits per heavy atom. The minimum Gasteiger partial charge on any atom is -0.492 e. The molecule has 1 N–H and O–H groups in total. The minimum absolute atomic E-state index is 0.124. The second-order valence-electron chi connectivity index (χ2n) is 6.73. The summed E-state index contributed by atoms with van der Waals surface area (Å²) in [6, 6.07) is 13.2. The molecule has 5 heteroatoms. The molecule has 0 atom stereocenters. The van der Waals surface area contributed by atoms with Crippen molar-refractivity contribution in [2.75, 3.05) is 25.6 Å². The Balaban J connectivity index is 1.90. The van der Waals surface area contributed by atoms with Gasteiger partial charge in [-0.25, -0.2) is 4.79 Å². The van der Waals surface area contributed by atoms with Crippen LogP contribution in [0, 0.1) is 0 Å². The van der Waals surface area contributed by atoms with E-state index < -0.39 is 5.97 Å². The Bertz CT molecular complexity index is 721. The first kappa shape index (κ1) is 19.1. The zero-order valence-electron chi connectivity index (χ0n) is 15.1. The zero-order valence-corrected chi connectivity index (χ0v) is 15.8. The van der Waals surface area contributed by atoms with Crippen molar-refractivity contribution in [1.82, 2.24) is 0 Å². The third-order valence-corrected chi connectivity index (χ3v) is 4.03. The normalized spacial score (nSPS) is 11.1. The molecule has 0 saturated carbocycles. The van der Waals surface area contributed by atoms with Crippen LogP contribution in [0.1, 0.15) is 36.7 Å². The molecule has 134 valence electrons. The van der Waals surface area contributed by atoms with E-state index in [9.17, 15) is 4.79 Å². The summed E-state index contributed by atoms with van der Waals surface area (Å²) < 4.78 is 10.5. The smallest absolute Gasteiger partial charge is 0.340 e. The van der Waals surface area contributed by atoms with Gasteiger partial charge in [-0.15, -0.1) is 0 Å². The predicted molar refractivity (Wildman–Crippen MR) is 102 cm³/mol. The first-order valence-corrected chi connectivity index (χ1v) is 8.54. The zero-order chi connectivity index (χ0) is 18.4. The Morgan fingerprint density at radius 3 is 2.40 bits per heavy atom. The number of halogens is 1. The number of ether oxygens (including phenoxy) is 2. The standard InChI is InChI=1S/C20H24ClNO3/c1-20(2,3)14-5-8-16(9-6-14)25-12-11-22-18-10-7-15(21)13-17(18)19(23)24-4/h5-10,13,22H,11-12H2,1-4H3. The Morgan fingerprint density at radius 1 is 1.12 bits per heavy atom. The topological polar surface area (TPSA) is 47.6 Å². The molecule has 0 aromatic heterocycles. The quantitative estimate of drug-likeness (QED) is 0.586. The van der Waals surface area contributed by atoms with Crippen molar-refractivity contribution >= 4 is 23.3 Å². The van der Waals surface area contributed by atoms with Crippen LogP contribution < -0.4 is 10.1 Å². The van der Waals surface area contributed by atoms with Gasteiger partial charge in [-0.1, -0.05) is 44.5 Å². The van der Waals surface area contributed by atoms with Crippen molar-refractivity contribution in [3.05, 3.63) is 58.6 Å². The monoisotopic (exact) mass is 361 g/mol. The minimum atomic E-state index is -0.427. The van der Waals surface area contributed by atoms with Crippen LogP contribution in [-0.4, -0.2) is 26.2 Å². The molecule has 25 heavy (non-hydrogen) atoms. The Hall–Kier alpha value is -2.20. The van der Waals surface area contributed by atoms with E-state index in [1.807, 2.05) is 12.1 Å². The summed E-state index contributed by atoms with van der Waals surface area (Å²) in [7, 11) is 1.34. The van der Waals surface area contributed by atoms with Gasteiger partial charge in [0.25, 0.3) is 0 Å². The average Bonchev–Trinajstić information content (AvgIpc) is 2.58. The van der Waals surface area contributed by atoms with Crippen LogP contribution in [0.25, 0.3) is 0 Å². The van der Waals surface area contributed by atoms with Crippen molar-refractivity contribution in [3.8, 4) is 5.75 Å². The van der Waals surface area contributed by atoms with Crippen molar-refractivity contribution in [3.63, 3.8) is 0 Å². The molecular weight excluding hydrogens is 338 g/mol. The van der Waals surface area contributed by atoms with Gasteiger partial charge >= 0.3 is 5.97 Å². The summed E-state index contributed by atoms with van der Waals surface area (Å²) in [6.45, 7) is 7.55. The van der Waals surface area contributed by atoms with E-state index in [1.165, 1.54) is 12.7 Å². The SMILES string of the molecule is COC(=O)c1cc(Cl)ccc1NCCOc1ccc(C(C)(C)C)cc1. The van der Waals surface area contributed by atoms with E-state index in [0.717, 1.165) is 5.75 Å². The van der Waals surface area contributed by atoms with Crippen LogP contribution in [0.5, 0.6) is 5.75 Å². The van der Waals surface area contributed by atoms with Gasteiger partial charge in [0.15, 0.2) is 0 Å². The highest BCUT2D eigenvalue weighted by Crippen LogP contribution is 2.24.